The normalized spacial score (nSPS) is 14.1. The zero-order chi connectivity index (χ0) is 13.8. The van der Waals surface area contributed by atoms with E-state index in [1.54, 1.807) is 6.92 Å². The van der Waals surface area contributed by atoms with Crippen LogP contribution in [0, 0.1) is 0 Å². The zero-order valence-electron chi connectivity index (χ0n) is 9.88. The van der Waals surface area contributed by atoms with Crippen molar-refractivity contribution in [3.8, 4) is 0 Å². The zero-order valence-corrected chi connectivity index (χ0v) is 10.7. The first kappa shape index (κ1) is 15.0. The topological polar surface area (TPSA) is 90.0 Å². The van der Waals surface area contributed by atoms with E-state index in [4.69, 9.17) is 5.73 Å². The van der Waals surface area contributed by atoms with Gasteiger partial charge in [0.15, 0.2) is 0 Å². The highest BCUT2D eigenvalue weighted by Crippen LogP contribution is 2.08. The average Bonchev–Trinajstić information content (AvgIpc) is 2.64. The minimum absolute atomic E-state index is 0.116. The molecule has 104 valence electrons. The molecule has 1 aromatic rings. The highest BCUT2D eigenvalue weighted by molar-refractivity contribution is 7.89. The first-order valence-electron chi connectivity index (χ1n) is 5.37. The summed E-state index contributed by atoms with van der Waals surface area (Å²) < 4.78 is 50.8. The van der Waals surface area contributed by atoms with Crippen molar-refractivity contribution in [3.63, 3.8) is 0 Å². The molecule has 0 aliphatic rings. The summed E-state index contributed by atoms with van der Waals surface area (Å²) in [6, 6.07) is -0.116. The molecule has 1 rings (SSSR count). The first-order chi connectivity index (χ1) is 8.31. The number of alkyl halides is 2. The number of halogens is 2. The molecule has 1 unspecified atom stereocenters. The molecular formula is C9H16F2N4O2S. The third-order valence-corrected chi connectivity index (χ3v) is 3.55. The molecular weight excluding hydrogens is 266 g/mol. The number of sulfonamides is 1. The predicted molar refractivity (Wildman–Crippen MR) is 61.7 cm³/mol. The van der Waals surface area contributed by atoms with Crippen LogP contribution in [0.25, 0.3) is 0 Å². The largest absolute Gasteiger partial charge is 0.328 e. The SMILES string of the molecule is CC(N)CCNS(=O)(=O)c1cnn(CC(F)F)c1. The Morgan fingerprint density at radius 3 is 2.78 bits per heavy atom. The number of nitrogens with two attached hydrogens (primary N) is 1. The molecule has 1 heterocycles. The van der Waals surface area contributed by atoms with Crippen LogP contribution in [-0.2, 0) is 16.6 Å². The molecule has 1 aromatic heterocycles. The summed E-state index contributed by atoms with van der Waals surface area (Å²) >= 11 is 0. The second-order valence-corrected chi connectivity index (χ2v) is 5.72. The van der Waals surface area contributed by atoms with Crippen LogP contribution in [0.15, 0.2) is 17.3 Å². The molecule has 0 bridgehead atoms. The van der Waals surface area contributed by atoms with Crippen LogP contribution in [-0.4, -0.2) is 37.2 Å². The van der Waals surface area contributed by atoms with Crippen LogP contribution < -0.4 is 10.5 Å². The standard InChI is InChI=1S/C9H16F2N4O2S/c1-7(12)2-3-14-18(16,17)8-4-13-15(5-8)6-9(10)11/h4-5,7,9,14H,2-3,6,12H2,1H3. The lowest BCUT2D eigenvalue weighted by molar-refractivity contribution is 0.121. The molecule has 0 spiro atoms. The third-order valence-electron chi connectivity index (χ3n) is 2.14. The molecule has 1 atom stereocenters. The number of hydrogen-bond acceptors (Lipinski definition) is 4. The van der Waals surface area contributed by atoms with Crippen LogP contribution in [0.1, 0.15) is 13.3 Å². The van der Waals surface area contributed by atoms with E-state index in [0.29, 0.717) is 6.42 Å². The molecule has 0 radical (unpaired) electrons. The Morgan fingerprint density at radius 1 is 1.56 bits per heavy atom. The molecule has 0 fully saturated rings. The van der Waals surface area contributed by atoms with Gasteiger partial charge in [-0.05, 0) is 13.3 Å². The summed E-state index contributed by atoms with van der Waals surface area (Å²) in [6.45, 7) is 1.32. The minimum atomic E-state index is -3.70. The van der Waals surface area contributed by atoms with Gasteiger partial charge in [0.1, 0.15) is 11.4 Å². The van der Waals surface area contributed by atoms with Gasteiger partial charge in [0.2, 0.25) is 10.0 Å². The van der Waals surface area contributed by atoms with Gasteiger partial charge in [-0.1, -0.05) is 0 Å². The van der Waals surface area contributed by atoms with Crippen LogP contribution in [0.2, 0.25) is 0 Å². The van der Waals surface area contributed by atoms with E-state index in [2.05, 4.69) is 9.82 Å². The highest BCUT2D eigenvalue weighted by Gasteiger charge is 2.17. The van der Waals surface area contributed by atoms with Crippen molar-refractivity contribution in [3.05, 3.63) is 12.4 Å². The molecule has 3 N–H and O–H groups in total. The molecule has 9 heteroatoms. The maximum atomic E-state index is 12.1. The Balaban J connectivity index is 2.64. The van der Waals surface area contributed by atoms with Crippen LogP contribution in [0.3, 0.4) is 0 Å². The fourth-order valence-electron chi connectivity index (χ4n) is 1.23. The second kappa shape index (κ2) is 6.21. The summed E-state index contributed by atoms with van der Waals surface area (Å²) in [7, 11) is -3.70. The number of aromatic nitrogens is 2. The van der Waals surface area contributed by atoms with Gasteiger partial charge < -0.3 is 5.73 Å². The van der Waals surface area contributed by atoms with Gasteiger partial charge in [0.05, 0.1) is 6.20 Å². The molecule has 0 saturated heterocycles. The monoisotopic (exact) mass is 282 g/mol. The lowest BCUT2D eigenvalue weighted by Gasteiger charge is -2.06. The molecule has 0 aliphatic carbocycles. The van der Waals surface area contributed by atoms with Gasteiger partial charge in [-0.25, -0.2) is 21.9 Å². The van der Waals surface area contributed by atoms with E-state index in [9.17, 15) is 17.2 Å². The quantitative estimate of drug-likeness (QED) is 0.745. The molecule has 0 aliphatic heterocycles. The second-order valence-electron chi connectivity index (χ2n) is 3.95. The summed E-state index contributed by atoms with van der Waals surface area (Å²) in [5.41, 5.74) is 5.48. The number of hydrogen-bond donors (Lipinski definition) is 2. The summed E-state index contributed by atoms with van der Waals surface area (Å²) in [5.74, 6) is 0. The van der Waals surface area contributed by atoms with Crippen molar-refractivity contribution in [2.24, 2.45) is 5.73 Å². The molecule has 0 amide bonds. The maximum absolute atomic E-state index is 12.1. The fraction of sp³-hybridized carbons (Fsp3) is 0.667. The van der Waals surface area contributed by atoms with Crippen LogP contribution in [0.5, 0.6) is 0 Å². The Labute approximate surface area is 104 Å². The Bertz CT molecular complexity index is 473. The van der Waals surface area contributed by atoms with Crippen molar-refractivity contribution in [2.75, 3.05) is 6.54 Å². The fourth-order valence-corrected chi connectivity index (χ4v) is 2.23. The van der Waals surface area contributed by atoms with Gasteiger partial charge in [-0.3, -0.25) is 4.68 Å². The highest BCUT2D eigenvalue weighted by atomic mass is 32.2. The maximum Gasteiger partial charge on any atom is 0.257 e. The van der Waals surface area contributed by atoms with Crippen molar-refractivity contribution in [1.29, 1.82) is 0 Å². The molecule has 18 heavy (non-hydrogen) atoms. The van der Waals surface area contributed by atoms with Crippen molar-refractivity contribution >= 4 is 10.0 Å². The van der Waals surface area contributed by atoms with E-state index in [-0.39, 0.29) is 17.5 Å². The lowest BCUT2D eigenvalue weighted by Crippen LogP contribution is -2.28. The van der Waals surface area contributed by atoms with E-state index in [1.165, 1.54) is 0 Å². The summed E-state index contributed by atoms with van der Waals surface area (Å²) in [4.78, 5) is -0.132. The molecule has 0 aromatic carbocycles. The first-order valence-corrected chi connectivity index (χ1v) is 6.85. The van der Waals surface area contributed by atoms with Gasteiger partial charge in [-0.15, -0.1) is 0 Å². The van der Waals surface area contributed by atoms with Gasteiger partial charge >= 0.3 is 0 Å². The minimum Gasteiger partial charge on any atom is -0.328 e. The molecule has 6 nitrogen and oxygen atoms in total. The number of rotatable bonds is 7. The van der Waals surface area contributed by atoms with Crippen molar-refractivity contribution in [1.82, 2.24) is 14.5 Å². The van der Waals surface area contributed by atoms with E-state index in [1.807, 2.05) is 0 Å². The predicted octanol–water partition coefficient (Wildman–Crippen LogP) is 0.164. The Hall–Kier alpha value is -1.06. The van der Waals surface area contributed by atoms with E-state index >= 15 is 0 Å². The average molecular weight is 282 g/mol. The molecule has 0 saturated carbocycles. The Kier molecular flexibility index (Phi) is 5.17. The summed E-state index contributed by atoms with van der Waals surface area (Å²) in [5, 5.41) is 3.56. The Morgan fingerprint density at radius 2 is 2.22 bits per heavy atom. The van der Waals surface area contributed by atoms with Gasteiger partial charge in [0, 0.05) is 18.8 Å². The van der Waals surface area contributed by atoms with Gasteiger partial charge in [0.25, 0.3) is 6.43 Å². The van der Waals surface area contributed by atoms with Crippen molar-refractivity contribution in [2.45, 2.75) is 37.3 Å². The van der Waals surface area contributed by atoms with Crippen molar-refractivity contribution < 1.29 is 17.2 Å². The summed E-state index contributed by atoms with van der Waals surface area (Å²) in [6.07, 6.45) is 0.0213. The number of nitrogens with zero attached hydrogens (tertiary/aromatic N) is 2. The van der Waals surface area contributed by atoms with E-state index in [0.717, 1.165) is 17.1 Å². The van der Waals surface area contributed by atoms with E-state index < -0.39 is 23.0 Å². The van der Waals surface area contributed by atoms with Gasteiger partial charge in [-0.2, -0.15) is 5.10 Å². The number of nitrogens with one attached hydrogen (secondary N) is 1. The smallest absolute Gasteiger partial charge is 0.257 e. The van der Waals surface area contributed by atoms with Crippen LogP contribution in [0.4, 0.5) is 8.78 Å². The lowest BCUT2D eigenvalue weighted by atomic mass is 10.3. The third kappa shape index (κ3) is 4.67. The van der Waals surface area contributed by atoms with Crippen LogP contribution >= 0.6 is 0 Å².